The van der Waals surface area contributed by atoms with Crippen LogP contribution >= 0.6 is 0 Å². The first-order valence-corrected chi connectivity index (χ1v) is 4.39. The molecule has 1 rings (SSSR count). The predicted molar refractivity (Wildman–Crippen MR) is 49.4 cm³/mol. The van der Waals surface area contributed by atoms with Crippen molar-refractivity contribution in [3.05, 3.63) is 0 Å². The van der Waals surface area contributed by atoms with E-state index >= 15 is 0 Å². The van der Waals surface area contributed by atoms with Gasteiger partial charge in [-0.1, -0.05) is 18.8 Å². The van der Waals surface area contributed by atoms with Gasteiger partial charge in [-0.3, -0.25) is 0 Å². The molecule has 1 saturated carbocycles. The minimum Gasteiger partial charge on any atom is -0.364 e. The lowest BCUT2D eigenvalue weighted by molar-refractivity contribution is 0.0257. The quantitative estimate of drug-likeness (QED) is 0.563. The van der Waals surface area contributed by atoms with Gasteiger partial charge in [0.25, 0.3) is 0 Å². The van der Waals surface area contributed by atoms with Crippen LogP contribution in [0.4, 0.5) is 0 Å². The lowest BCUT2D eigenvalue weighted by Crippen LogP contribution is -2.26. The van der Waals surface area contributed by atoms with Crippen LogP contribution in [0.2, 0.25) is 0 Å². The van der Waals surface area contributed by atoms with E-state index in [0.717, 1.165) is 12.8 Å². The van der Waals surface area contributed by atoms with Crippen molar-refractivity contribution in [2.45, 2.75) is 31.8 Å². The molecule has 0 amide bonds. The van der Waals surface area contributed by atoms with Gasteiger partial charge in [-0.05, 0) is 12.8 Å². The van der Waals surface area contributed by atoms with Crippen LogP contribution in [0.5, 0.6) is 0 Å². The third-order valence-electron chi connectivity index (χ3n) is 2.30. The van der Waals surface area contributed by atoms with Crippen LogP contribution in [0.15, 0.2) is 0 Å². The molecule has 0 spiro atoms. The molecule has 1 nitrogen and oxygen atoms in total. The Kier molecular flexibility index (Phi) is 3.71. The molecule has 2 atom stereocenters. The lowest BCUT2D eigenvalue weighted by Gasteiger charge is -2.27. The molecule has 1 aliphatic rings. The highest BCUT2D eigenvalue weighted by Crippen LogP contribution is 2.25. The standard InChI is InChI=1S/C11H14O/c1-3-9-12-11-8-6-5-7-10(11)4-2/h1-2,10-11H,5-9H2/t10-,11-/m0/s1. The third-order valence-corrected chi connectivity index (χ3v) is 2.30. The topological polar surface area (TPSA) is 9.23 Å². The molecular weight excluding hydrogens is 148 g/mol. The maximum absolute atomic E-state index is 5.46. The molecule has 0 unspecified atom stereocenters. The van der Waals surface area contributed by atoms with Gasteiger partial charge in [0, 0.05) is 5.92 Å². The molecule has 0 N–H and O–H groups in total. The number of terminal acetylenes is 2. The summed E-state index contributed by atoms with van der Waals surface area (Å²) >= 11 is 0. The Balaban J connectivity index is 2.38. The van der Waals surface area contributed by atoms with Gasteiger partial charge < -0.3 is 4.74 Å². The fourth-order valence-electron chi connectivity index (χ4n) is 1.64. The minimum atomic E-state index is 0.208. The molecule has 1 fully saturated rings. The molecule has 0 aromatic carbocycles. The average molecular weight is 162 g/mol. The number of hydrogen-bond acceptors (Lipinski definition) is 1. The molecule has 0 aliphatic heterocycles. The van der Waals surface area contributed by atoms with E-state index in [1.54, 1.807) is 0 Å². The summed E-state index contributed by atoms with van der Waals surface area (Å²) in [6, 6.07) is 0. The largest absolute Gasteiger partial charge is 0.364 e. The molecule has 1 aliphatic carbocycles. The van der Waals surface area contributed by atoms with Gasteiger partial charge in [0.2, 0.25) is 0 Å². The van der Waals surface area contributed by atoms with Crippen LogP contribution in [0, 0.1) is 30.6 Å². The smallest absolute Gasteiger partial charge is 0.107 e. The highest BCUT2D eigenvalue weighted by molar-refractivity contribution is 4.99. The first-order chi connectivity index (χ1) is 5.88. The van der Waals surface area contributed by atoms with Crippen molar-refractivity contribution in [2.75, 3.05) is 6.61 Å². The van der Waals surface area contributed by atoms with Crippen molar-refractivity contribution in [1.82, 2.24) is 0 Å². The van der Waals surface area contributed by atoms with E-state index in [2.05, 4.69) is 11.8 Å². The van der Waals surface area contributed by atoms with Crippen molar-refractivity contribution in [2.24, 2.45) is 5.92 Å². The molecule has 64 valence electrons. The van der Waals surface area contributed by atoms with Gasteiger partial charge in [0.05, 0.1) is 6.10 Å². The van der Waals surface area contributed by atoms with Crippen molar-refractivity contribution >= 4 is 0 Å². The molecule has 0 saturated heterocycles. The Labute approximate surface area is 74.5 Å². The van der Waals surface area contributed by atoms with Crippen LogP contribution in [-0.4, -0.2) is 12.7 Å². The van der Waals surface area contributed by atoms with Crippen LogP contribution in [0.3, 0.4) is 0 Å². The van der Waals surface area contributed by atoms with Gasteiger partial charge in [-0.2, -0.15) is 0 Å². The highest BCUT2D eigenvalue weighted by atomic mass is 16.5. The third kappa shape index (κ3) is 2.29. The van der Waals surface area contributed by atoms with Crippen LogP contribution < -0.4 is 0 Å². The number of hydrogen-bond donors (Lipinski definition) is 0. The zero-order valence-electron chi connectivity index (χ0n) is 7.25. The Morgan fingerprint density at radius 2 is 2.00 bits per heavy atom. The Bertz CT molecular complexity index is 206. The second kappa shape index (κ2) is 4.86. The van der Waals surface area contributed by atoms with Gasteiger partial charge in [-0.15, -0.1) is 18.8 Å². The molecule has 0 radical (unpaired) electrons. The maximum Gasteiger partial charge on any atom is 0.107 e. The molecule has 1 heteroatoms. The van der Waals surface area contributed by atoms with Gasteiger partial charge in [0.1, 0.15) is 6.61 Å². The van der Waals surface area contributed by atoms with Crippen LogP contribution in [-0.2, 0) is 4.74 Å². The fraction of sp³-hybridized carbons (Fsp3) is 0.636. The molecule has 0 heterocycles. The van der Waals surface area contributed by atoms with Gasteiger partial charge in [-0.25, -0.2) is 0 Å². The Morgan fingerprint density at radius 1 is 1.25 bits per heavy atom. The van der Waals surface area contributed by atoms with Crippen molar-refractivity contribution in [3.63, 3.8) is 0 Å². The maximum atomic E-state index is 5.46. The van der Waals surface area contributed by atoms with E-state index in [0.29, 0.717) is 6.61 Å². The van der Waals surface area contributed by atoms with E-state index in [-0.39, 0.29) is 12.0 Å². The summed E-state index contributed by atoms with van der Waals surface area (Å²) in [5, 5.41) is 0. The SMILES string of the molecule is C#CCO[C@H]1CCCC[C@@H]1C#C. The van der Waals surface area contributed by atoms with Gasteiger partial charge in [0.15, 0.2) is 0 Å². The molecule has 0 aromatic heterocycles. The minimum absolute atomic E-state index is 0.208. The first kappa shape index (κ1) is 9.17. The second-order valence-electron chi connectivity index (χ2n) is 3.11. The molecule has 12 heavy (non-hydrogen) atoms. The summed E-state index contributed by atoms with van der Waals surface area (Å²) in [4.78, 5) is 0. The predicted octanol–water partition coefficient (Wildman–Crippen LogP) is 1.83. The molecular formula is C11H14O. The summed E-state index contributed by atoms with van der Waals surface area (Å²) in [6.07, 6.45) is 15.3. The fourth-order valence-corrected chi connectivity index (χ4v) is 1.64. The monoisotopic (exact) mass is 162 g/mol. The summed E-state index contributed by atoms with van der Waals surface area (Å²) in [6.45, 7) is 0.392. The molecule has 0 aromatic rings. The Hall–Kier alpha value is -0.920. The summed E-state index contributed by atoms with van der Waals surface area (Å²) in [5.41, 5.74) is 0. The summed E-state index contributed by atoms with van der Waals surface area (Å²) in [5.74, 6) is 5.52. The number of ether oxygens (including phenoxy) is 1. The normalized spacial score (nSPS) is 28.8. The van der Waals surface area contributed by atoms with E-state index in [1.807, 2.05) is 0 Å². The van der Waals surface area contributed by atoms with Crippen molar-refractivity contribution in [3.8, 4) is 24.7 Å². The van der Waals surface area contributed by atoms with E-state index in [9.17, 15) is 0 Å². The zero-order chi connectivity index (χ0) is 8.81. The zero-order valence-corrected chi connectivity index (χ0v) is 7.25. The average Bonchev–Trinajstić information content (AvgIpc) is 2.15. The van der Waals surface area contributed by atoms with E-state index in [4.69, 9.17) is 17.6 Å². The van der Waals surface area contributed by atoms with E-state index in [1.165, 1.54) is 12.8 Å². The van der Waals surface area contributed by atoms with Gasteiger partial charge >= 0.3 is 0 Å². The Morgan fingerprint density at radius 3 is 2.67 bits per heavy atom. The van der Waals surface area contributed by atoms with Crippen LogP contribution in [0.25, 0.3) is 0 Å². The summed E-state index contributed by atoms with van der Waals surface area (Å²) < 4.78 is 5.46. The number of rotatable bonds is 2. The van der Waals surface area contributed by atoms with Crippen molar-refractivity contribution < 1.29 is 4.74 Å². The highest BCUT2D eigenvalue weighted by Gasteiger charge is 2.23. The second-order valence-corrected chi connectivity index (χ2v) is 3.11. The van der Waals surface area contributed by atoms with Crippen LogP contribution in [0.1, 0.15) is 25.7 Å². The van der Waals surface area contributed by atoms with E-state index < -0.39 is 0 Å². The lowest BCUT2D eigenvalue weighted by atomic mass is 9.87. The van der Waals surface area contributed by atoms with Crippen molar-refractivity contribution in [1.29, 1.82) is 0 Å². The molecule has 0 bridgehead atoms. The summed E-state index contributed by atoms with van der Waals surface area (Å²) in [7, 11) is 0. The first-order valence-electron chi connectivity index (χ1n) is 4.39.